The minimum atomic E-state index is -0.146. The van der Waals surface area contributed by atoms with Crippen molar-refractivity contribution in [1.82, 2.24) is 25.1 Å². The zero-order valence-corrected chi connectivity index (χ0v) is 15.5. The van der Waals surface area contributed by atoms with Gasteiger partial charge in [0.15, 0.2) is 0 Å². The van der Waals surface area contributed by atoms with E-state index in [0.29, 0.717) is 37.4 Å². The molecule has 0 aliphatic rings. The van der Waals surface area contributed by atoms with E-state index in [4.69, 9.17) is 10.00 Å². The fourth-order valence-electron chi connectivity index (χ4n) is 2.68. The van der Waals surface area contributed by atoms with E-state index >= 15 is 0 Å². The first kappa shape index (κ1) is 19.2. The first-order chi connectivity index (χ1) is 13.7. The van der Waals surface area contributed by atoms with Gasteiger partial charge in [-0.1, -0.05) is 12.1 Å². The third-order valence-electron chi connectivity index (χ3n) is 4.22. The average Bonchev–Trinajstić information content (AvgIpc) is 3.19. The molecule has 3 rings (SSSR count). The number of nitrogens with zero attached hydrogens (tertiary/aromatic N) is 5. The Morgan fingerprint density at radius 3 is 2.68 bits per heavy atom. The monoisotopic (exact) mass is 376 g/mol. The summed E-state index contributed by atoms with van der Waals surface area (Å²) in [6.07, 6.45) is 3.89. The summed E-state index contributed by atoms with van der Waals surface area (Å²) in [7, 11) is 1.65. The molecule has 142 valence electrons. The van der Waals surface area contributed by atoms with Crippen molar-refractivity contribution in [3.8, 4) is 17.2 Å². The minimum absolute atomic E-state index is 0.146. The Kier molecular flexibility index (Phi) is 6.44. The highest BCUT2D eigenvalue weighted by molar-refractivity contribution is 5.94. The molecule has 0 bridgehead atoms. The molecule has 0 saturated heterocycles. The highest BCUT2D eigenvalue weighted by atomic mass is 16.5. The van der Waals surface area contributed by atoms with Crippen molar-refractivity contribution < 1.29 is 9.53 Å². The van der Waals surface area contributed by atoms with Gasteiger partial charge in [0, 0.05) is 43.9 Å². The lowest BCUT2D eigenvalue weighted by atomic mass is 10.1. The first-order valence-electron chi connectivity index (χ1n) is 8.81. The molecule has 0 atom stereocenters. The number of ether oxygens (including phenoxy) is 1. The van der Waals surface area contributed by atoms with Crippen LogP contribution < -0.4 is 5.32 Å². The van der Waals surface area contributed by atoms with Crippen LogP contribution in [0.4, 0.5) is 0 Å². The second-order valence-electron chi connectivity index (χ2n) is 6.06. The van der Waals surface area contributed by atoms with Crippen molar-refractivity contribution in [2.45, 2.75) is 13.0 Å². The van der Waals surface area contributed by atoms with Crippen LogP contribution in [0.5, 0.6) is 0 Å². The number of rotatable bonds is 8. The fraction of sp³-hybridized carbons (Fsp3) is 0.250. The maximum atomic E-state index is 12.3. The lowest BCUT2D eigenvalue weighted by Gasteiger charge is -2.08. The van der Waals surface area contributed by atoms with Gasteiger partial charge in [0.2, 0.25) is 0 Å². The van der Waals surface area contributed by atoms with Gasteiger partial charge in [-0.15, -0.1) is 10.2 Å². The zero-order chi connectivity index (χ0) is 19.8. The van der Waals surface area contributed by atoms with Crippen LogP contribution in [0.2, 0.25) is 0 Å². The molecule has 8 heteroatoms. The van der Waals surface area contributed by atoms with Crippen molar-refractivity contribution in [2.75, 3.05) is 20.3 Å². The summed E-state index contributed by atoms with van der Waals surface area (Å²) in [5.74, 6) is 0.661. The number of amides is 1. The second-order valence-corrected chi connectivity index (χ2v) is 6.06. The number of hydrogen-bond donors (Lipinski definition) is 1. The molecule has 0 aliphatic carbocycles. The van der Waals surface area contributed by atoms with Gasteiger partial charge in [-0.2, -0.15) is 5.26 Å². The summed E-state index contributed by atoms with van der Waals surface area (Å²) in [5, 5.41) is 19.7. The summed E-state index contributed by atoms with van der Waals surface area (Å²) in [4.78, 5) is 16.4. The van der Waals surface area contributed by atoms with Gasteiger partial charge in [-0.05, 0) is 29.8 Å². The van der Waals surface area contributed by atoms with Gasteiger partial charge in [0.05, 0.1) is 6.61 Å². The fourth-order valence-corrected chi connectivity index (χ4v) is 2.68. The van der Waals surface area contributed by atoms with E-state index in [1.165, 1.54) is 0 Å². The van der Waals surface area contributed by atoms with Crippen LogP contribution in [-0.4, -0.2) is 45.9 Å². The van der Waals surface area contributed by atoms with Gasteiger partial charge in [-0.25, -0.2) is 4.98 Å². The van der Waals surface area contributed by atoms with E-state index in [2.05, 4.69) is 20.5 Å². The third-order valence-corrected chi connectivity index (χ3v) is 4.22. The molecule has 0 unspecified atom stereocenters. The third kappa shape index (κ3) is 4.78. The molecule has 0 saturated carbocycles. The van der Waals surface area contributed by atoms with Crippen LogP contribution in [0.15, 0.2) is 48.9 Å². The van der Waals surface area contributed by atoms with Crippen LogP contribution in [0, 0.1) is 11.3 Å². The number of carbonyl (C=O) groups excluding carboxylic acids is 1. The standard InChI is InChI=1S/C20H20N6O2/c1-28-11-10-26-14-24-25-19(26)8-9-22-20(27)16-4-2-15(3-5-16)17-6-7-18(12-21)23-13-17/h2-7,13-14H,8-11H2,1H3,(H,22,27). The highest BCUT2D eigenvalue weighted by Crippen LogP contribution is 2.19. The number of benzene rings is 1. The van der Waals surface area contributed by atoms with Crippen LogP contribution in [-0.2, 0) is 17.7 Å². The first-order valence-corrected chi connectivity index (χ1v) is 8.81. The van der Waals surface area contributed by atoms with Crippen LogP contribution in [0.1, 0.15) is 21.9 Å². The second kappa shape index (κ2) is 9.39. The molecule has 1 N–H and O–H groups in total. The number of methoxy groups -OCH3 is 1. The Morgan fingerprint density at radius 2 is 2.00 bits per heavy atom. The number of carbonyl (C=O) groups is 1. The maximum absolute atomic E-state index is 12.3. The molecule has 2 heterocycles. The topological polar surface area (TPSA) is 106 Å². The molecular weight excluding hydrogens is 356 g/mol. The summed E-state index contributed by atoms with van der Waals surface area (Å²) >= 11 is 0. The predicted octanol–water partition coefficient (Wildman–Crippen LogP) is 1.83. The molecule has 0 radical (unpaired) electrons. The lowest BCUT2D eigenvalue weighted by molar-refractivity contribution is 0.0954. The van der Waals surface area contributed by atoms with Crippen molar-refractivity contribution in [3.63, 3.8) is 0 Å². The van der Waals surface area contributed by atoms with Crippen molar-refractivity contribution in [3.05, 3.63) is 66.0 Å². The van der Waals surface area contributed by atoms with Crippen molar-refractivity contribution in [1.29, 1.82) is 5.26 Å². The van der Waals surface area contributed by atoms with E-state index in [9.17, 15) is 4.79 Å². The van der Waals surface area contributed by atoms with E-state index in [-0.39, 0.29) is 5.91 Å². The highest BCUT2D eigenvalue weighted by Gasteiger charge is 2.08. The maximum Gasteiger partial charge on any atom is 0.251 e. The van der Waals surface area contributed by atoms with Gasteiger partial charge >= 0.3 is 0 Å². The van der Waals surface area contributed by atoms with Gasteiger partial charge in [-0.3, -0.25) is 4.79 Å². The van der Waals surface area contributed by atoms with Crippen LogP contribution >= 0.6 is 0 Å². The Hall–Kier alpha value is -3.57. The Balaban J connectivity index is 1.55. The van der Waals surface area contributed by atoms with E-state index in [1.54, 1.807) is 37.8 Å². The van der Waals surface area contributed by atoms with E-state index in [1.807, 2.05) is 28.8 Å². The number of pyridine rings is 1. The van der Waals surface area contributed by atoms with Gasteiger partial charge < -0.3 is 14.6 Å². The molecule has 0 fully saturated rings. The molecule has 3 aromatic rings. The number of aromatic nitrogens is 4. The lowest BCUT2D eigenvalue weighted by Crippen LogP contribution is -2.26. The van der Waals surface area contributed by atoms with E-state index in [0.717, 1.165) is 17.0 Å². The molecule has 1 amide bonds. The van der Waals surface area contributed by atoms with Gasteiger partial charge in [0.25, 0.3) is 5.91 Å². The SMILES string of the molecule is COCCn1cnnc1CCNC(=O)c1ccc(-c2ccc(C#N)nc2)cc1. The predicted molar refractivity (Wildman–Crippen MR) is 102 cm³/mol. The Morgan fingerprint density at radius 1 is 1.21 bits per heavy atom. The van der Waals surface area contributed by atoms with Gasteiger partial charge in [0.1, 0.15) is 23.9 Å². The molecule has 0 aliphatic heterocycles. The average molecular weight is 376 g/mol. The molecular formula is C20H20N6O2. The summed E-state index contributed by atoms with van der Waals surface area (Å²) in [5.41, 5.74) is 2.77. The summed E-state index contributed by atoms with van der Waals surface area (Å²) < 4.78 is 6.97. The molecule has 8 nitrogen and oxygen atoms in total. The van der Waals surface area contributed by atoms with E-state index < -0.39 is 0 Å². The number of nitriles is 1. The molecule has 1 aromatic carbocycles. The Labute approximate surface area is 162 Å². The van der Waals surface area contributed by atoms with Crippen LogP contribution in [0.25, 0.3) is 11.1 Å². The Bertz CT molecular complexity index is 958. The molecule has 0 spiro atoms. The van der Waals surface area contributed by atoms with Crippen LogP contribution in [0.3, 0.4) is 0 Å². The largest absolute Gasteiger partial charge is 0.383 e. The quantitative estimate of drug-likeness (QED) is 0.643. The summed E-state index contributed by atoms with van der Waals surface area (Å²) in [6.45, 7) is 1.72. The van der Waals surface area contributed by atoms with Crippen molar-refractivity contribution >= 4 is 5.91 Å². The number of hydrogen-bond acceptors (Lipinski definition) is 6. The molecule has 28 heavy (non-hydrogen) atoms. The molecule has 2 aromatic heterocycles. The summed E-state index contributed by atoms with van der Waals surface area (Å²) in [6, 6.07) is 12.8. The smallest absolute Gasteiger partial charge is 0.251 e. The number of nitrogens with one attached hydrogen (secondary N) is 1. The zero-order valence-electron chi connectivity index (χ0n) is 15.5. The van der Waals surface area contributed by atoms with Crippen molar-refractivity contribution in [2.24, 2.45) is 0 Å². The minimum Gasteiger partial charge on any atom is -0.383 e. The normalized spacial score (nSPS) is 10.4.